The first kappa shape index (κ1) is 10.3. The van der Waals surface area contributed by atoms with Crippen LogP contribution in [0, 0.1) is 23.6 Å². The van der Waals surface area contributed by atoms with Gasteiger partial charge in [0.15, 0.2) is 0 Å². The van der Waals surface area contributed by atoms with Gasteiger partial charge >= 0.3 is 0 Å². The molecule has 1 N–H and O–H groups in total. The average Bonchev–Trinajstić information content (AvgIpc) is 2.89. The van der Waals surface area contributed by atoms with Crippen LogP contribution >= 0.6 is 0 Å². The molecule has 1 aromatic carbocycles. The largest absolute Gasteiger partial charge is 0.388 e. The van der Waals surface area contributed by atoms with E-state index < -0.39 is 6.10 Å². The van der Waals surface area contributed by atoms with Gasteiger partial charge in [0, 0.05) is 0 Å². The summed E-state index contributed by atoms with van der Waals surface area (Å²) >= 11 is 0. The smallest absolute Gasteiger partial charge is 0.123 e. The van der Waals surface area contributed by atoms with Gasteiger partial charge in [0.05, 0.1) is 6.10 Å². The van der Waals surface area contributed by atoms with Crippen molar-refractivity contribution >= 4 is 0 Å². The second kappa shape index (κ2) is 3.85. The quantitative estimate of drug-likeness (QED) is 0.810. The van der Waals surface area contributed by atoms with Gasteiger partial charge in [-0.05, 0) is 54.7 Å². The first-order valence-corrected chi connectivity index (χ1v) is 6.17. The highest BCUT2D eigenvalue weighted by atomic mass is 19.1. The van der Waals surface area contributed by atoms with Crippen LogP contribution in [-0.2, 0) is 0 Å². The second-order valence-electron chi connectivity index (χ2n) is 5.34. The first-order valence-electron chi connectivity index (χ1n) is 6.17. The Morgan fingerprint density at radius 1 is 1.25 bits per heavy atom. The fraction of sp³-hybridized carbons (Fsp3) is 0.571. The number of rotatable bonds is 2. The van der Waals surface area contributed by atoms with E-state index in [1.165, 1.54) is 31.4 Å². The van der Waals surface area contributed by atoms with Gasteiger partial charge in [0.2, 0.25) is 0 Å². The van der Waals surface area contributed by atoms with Gasteiger partial charge in [-0.2, -0.15) is 0 Å². The van der Waals surface area contributed by atoms with Crippen LogP contribution in [0.15, 0.2) is 24.3 Å². The summed E-state index contributed by atoms with van der Waals surface area (Å²) in [6.07, 6.45) is 4.52. The summed E-state index contributed by atoms with van der Waals surface area (Å²) in [7, 11) is 0. The lowest BCUT2D eigenvalue weighted by Gasteiger charge is -2.27. The van der Waals surface area contributed by atoms with E-state index in [2.05, 4.69) is 0 Å². The third-order valence-electron chi connectivity index (χ3n) is 4.39. The molecule has 4 atom stereocenters. The predicted octanol–water partition coefficient (Wildman–Crippen LogP) is 3.30. The number of benzene rings is 1. The maximum Gasteiger partial charge on any atom is 0.123 e. The molecule has 2 fully saturated rings. The van der Waals surface area contributed by atoms with Crippen LogP contribution in [0.2, 0.25) is 0 Å². The van der Waals surface area contributed by atoms with E-state index in [1.807, 2.05) is 6.07 Å². The van der Waals surface area contributed by atoms with Crippen LogP contribution in [0.25, 0.3) is 0 Å². The summed E-state index contributed by atoms with van der Waals surface area (Å²) in [6, 6.07) is 6.41. The van der Waals surface area contributed by atoms with Crippen molar-refractivity contribution in [1.29, 1.82) is 0 Å². The molecule has 0 spiro atoms. The molecule has 4 unspecified atom stereocenters. The average molecular weight is 220 g/mol. The van der Waals surface area contributed by atoms with Gasteiger partial charge in [0.25, 0.3) is 0 Å². The summed E-state index contributed by atoms with van der Waals surface area (Å²) in [5.41, 5.74) is 0.748. The van der Waals surface area contributed by atoms with Crippen molar-refractivity contribution in [2.45, 2.75) is 31.8 Å². The molecule has 0 heterocycles. The minimum Gasteiger partial charge on any atom is -0.388 e. The lowest BCUT2D eigenvalue weighted by atomic mass is 9.82. The summed E-state index contributed by atoms with van der Waals surface area (Å²) in [4.78, 5) is 0. The van der Waals surface area contributed by atoms with E-state index in [4.69, 9.17) is 0 Å². The van der Waals surface area contributed by atoms with Crippen molar-refractivity contribution in [2.24, 2.45) is 17.8 Å². The van der Waals surface area contributed by atoms with Crippen LogP contribution in [0.3, 0.4) is 0 Å². The van der Waals surface area contributed by atoms with Crippen molar-refractivity contribution < 1.29 is 9.50 Å². The Balaban J connectivity index is 1.80. The van der Waals surface area contributed by atoms with E-state index in [9.17, 15) is 9.50 Å². The van der Waals surface area contributed by atoms with Crippen molar-refractivity contribution in [3.8, 4) is 0 Å². The summed E-state index contributed by atoms with van der Waals surface area (Å²) in [6.45, 7) is 0. The Bertz CT molecular complexity index is 390. The Kier molecular flexibility index (Phi) is 2.47. The van der Waals surface area contributed by atoms with Gasteiger partial charge < -0.3 is 5.11 Å². The standard InChI is InChI=1S/C14H17FO/c15-12-3-1-2-11(8-12)14(16)13-7-9-4-5-10(13)6-9/h1-3,8-10,13-14,16H,4-7H2. The maximum atomic E-state index is 13.1. The molecule has 2 bridgehead atoms. The fourth-order valence-corrected chi connectivity index (χ4v) is 3.62. The number of aliphatic hydroxyl groups excluding tert-OH is 1. The number of hydrogen-bond acceptors (Lipinski definition) is 1. The molecule has 2 heteroatoms. The van der Waals surface area contributed by atoms with Gasteiger partial charge in [-0.3, -0.25) is 0 Å². The van der Waals surface area contributed by atoms with E-state index in [1.54, 1.807) is 6.07 Å². The van der Waals surface area contributed by atoms with Crippen LogP contribution in [-0.4, -0.2) is 5.11 Å². The molecule has 86 valence electrons. The van der Waals surface area contributed by atoms with Gasteiger partial charge in [-0.15, -0.1) is 0 Å². The zero-order valence-electron chi connectivity index (χ0n) is 9.27. The van der Waals surface area contributed by atoms with Gasteiger partial charge in [-0.1, -0.05) is 18.6 Å². The second-order valence-corrected chi connectivity index (χ2v) is 5.34. The van der Waals surface area contributed by atoms with Gasteiger partial charge in [0.1, 0.15) is 5.82 Å². The molecular formula is C14H17FO. The Labute approximate surface area is 95.3 Å². The van der Waals surface area contributed by atoms with E-state index in [0.717, 1.165) is 17.9 Å². The highest BCUT2D eigenvalue weighted by Gasteiger charge is 2.42. The van der Waals surface area contributed by atoms with E-state index in [0.29, 0.717) is 11.8 Å². The zero-order chi connectivity index (χ0) is 11.1. The number of halogens is 1. The third-order valence-corrected chi connectivity index (χ3v) is 4.39. The maximum absolute atomic E-state index is 13.1. The summed E-state index contributed by atoms with van der Waals surface area (Å²) in [5.74, 6) is 1.60. The lowest BCUT2D eigenvalue weighted by molar-refractivity contribution is 0.0742. The molecule has 0 radical (unpaired) electrons. The minimum atomic E-state index is -0.467. The topological polar surface area (TPSA) is 20.2 Å². The van der Waals surface area contributed by atoms with Crippen molar-refractivity contribution in [3.63, 3.8) is 0 Å². The molecule has 3 rings (SSSR count). The first-order chi connectivity index (χ1) is 7.74. The van der Waals surface area contributed by atoms with Crippen LogP contribution < -0.4 is 0 Å². The van der Waals surface area contributed by atoms with Crippen molar-refractivity contribution in [2.75, 3.05) is 0 Å². The zero-order valence-corrected chi connectivity index (χ0v) is 9.27. The van der Waals surface area contributed by atoms with Crippen LogP contribution in [0.5, 0.6) is 0 Å². The molecule has 16 heavy (non-hydrogen) atoms. The molecule has 0 aromatic heterocycles. The number of hydrogen-bond donors (Lipinski definition) is 1. The van der Waals surface area contributed by atoms with Gasteiger partial charge in [-0.25, -0.2) is 4.39 Å². The molecule has 0 aliphatic heterocycles. The number of aliphatic hydroxyl groups is 1. The Hall–Kier alpha value is -0.890. The summed E-state index contributed by atoms with van der Waals surface area (Å²) in [5, 5.41) is 10.3. The SMILES string of the molecule is OC(c1cccc(F)c1)C1CC2CCC1C2. The van der Waals surface area contributed by atoms with E-state index >= 15 is 0 Å². The Morgan fingerprint density at radius 2 is 2.12 bits per heavy atom. The third kappa shape index (κ3) is 1.65. The predicted molar refractivity (Wildman–Crippen MR) is 60.3 cm³/mol. The normalized spacial score (nSPS) is 34.2. The highest BCUT2D eigenvalue weighted by molar-refractivity contribution is 5.20. The van der Waals surface area contributed by atoms with Crippen molar-refractivity contribution in [1.82, 2.24) is 0 Å². The molecule has 0 amide bonds. The van der Waals surface area contributed by atoms with E-state index in [-0.39, 0.29) is 5.82 Å². The van der Waals surface area contributed by atoms with Crippen LogP contribution in [0.4, 0.5) is 4.39 Å². The molecule has 2 aliphatic rings. The highest BCUT2D eigenvalue weighted by Crippen LogP contribution is 2.52. The molecule has 1 nitrogen and oxygen atoms in total. The van der Waals surface area contributed by atoms with Crippen molar-refractivity contribution in [3.05, 3.63) is 35.6 Å². The fourth-order valence-electron chi connectivity index (χ4n) is 3.62. The lowest BCUT2D eigenvalue weighted by Crippen LogP contribution is -2.19. The van der Waals surface area contributed by atoms with Crippen LogP contribution in [0.1, 0.15) is 37.4 Å². The molecule has 2 saturated carbocycles. The summed E-state index contributed by atoms with van der Waals surface area (Å²) < 4.78 is 13.1. The molecule has 0 saturated heterocycles. The minimum absolute atomic E-state index is 0.250. The Morgan fingerprint density at radius 3 is 2.75 bits per heavy atom. The monoisotopic (exact) mass is 220 g/mol. The molecular weight excluding hydrogens is 203 g/mol. The number of fused-ring (bicyclic) bond motifs is 2. The molecule has 2 aliphatic carbocycles. The molecule has 1 aromatic rings.